The minimum Gasteiger partial charge on any atom is -0.311 e. The first-order valence-electron chi connectivity index (χ1n) is 33.3. The summed E-state index contributed by atoms with van der Waals surface area (Å²) in [5.41, 5.74) is 32.7. The minimum atomic E-state index is -0.128. The summed E-state index contributed by atoms with van der Waals surface area (Å²) in [4.78, 5) is 11.2. The van der Waals surface area contributed by atoms with E-state index in [0.717, 1.165) is 101 Å². The lowest BCUT2D eigenvalue weighted by Crippen LogP contribution is -2.61. The Morgan fingerprint density at radius 2 is 0.495 bits per heavy atom. The van der Waals surface area contributed by atoms with Gasteiger partial charge in [0.15, 0.2) is 0 Å². The first-order valence-corrected chi connectivity index (χ1v) is 33.3. The number of hydrogen-bond donors (Lipinski definition) is 0. The molecule has 0 saturated carbocycles. The second kappa shape index (κ2) is 24.0. The molecule has 0 unspecified atom stereocenters. The predicted molar refractivity (Wildman–Crippen MR) is 405 cm³/mol. The number of anilines is 6. The molecule has 0 saturated heterocycles. The third-order valence-electron chi connectivity index (χ3n) is 19.3. The van der Waals surface area contributed by atoms with E-state index in [1.54, 1.807) is 0 Å². The van der Waals surface area contributed by atoms with Crippen LogP contribution in [0.4, 0.5) is 34.1 Å². The molecule has 0 aliphatic carbocycles. The van der Waals surface area contributed by atoms with Crippen LogP contribution < -0.4 is 26.2 Å². The standard InChI is InChI=1S/C91H72BN3/c1-90(2,3)77-41-47-81-85(59-77)94(79-43-37-67(38-44-79)61-25-13-7-14-26-61)87-57-76(58-88-89(87)92(81)82-48-42-78(91(4,5)6)60-86(82)95(88)80-45-39-68(40-46-80)62-27-15-8-16-28-62)84-56-74(73-51-69(63-29-17-9-18-30-63)49-70(52-73)64-31-19-10-20-32-64)55-83(93-84)75-53-71(65-33-21-11-22-34-65)50-72(54-75)66-35-23-12-24-36-66/h7-60H,1-6H3. The van der Waals surface area contributed by atoms with E-state index in [9.17, 15) is 0 Å². The van der Waals surface area contributed by atoms with Crippen LogP contribution in [-0.2, 0) is 10.8 Å². The summed E-state index contributed by atoms with van der Waals surface area (Å²) >= 11 is 0. The Balaban J connectivity index is 1.01. The normalized spacial score (nSPS) is 12.5. The topological polar surface area (TPSA) is 19.4 Å². The van der Waals surface area contributed by atoms with Crippen LogP contribution in [0.1, 0.15) is 52.7 Å². The average Bonchev–Trinajstić information content (AvgIpc) is 0.695. The average molecular weight is 1220 g/mol. The molecule has 2 aliphatic rings. The molecule has 0 atom stereocenters. The van der Waals surface area contributed by atoms with Gasteiger partial charge in [0, 0.05) is 45.3 Å². The minimum absolute atomic E-state index is 0.106. The predicted octanol–water partition coefficient (Wildman–Crippen LogP) is 22.8. The van der Waals surface area contributed by atoms with Crippen LogP contribution in [0.5, 0.6) is 0 Å². The molecule has 1 aromatic heterocycles. The third kappa shape index (κ3) is 11.3. The lowest BCUT2D eigenvalue weighted by molar-refractivity contribution is 0.590. The Hall–Kier alpha value is -11.3. The van der Waals surface area contributed by atoms with Gasteiger partial charge < -0.3 is 9.80 Å². The molecule has 0 fully saturated rings. The fourth-order valence-corrected chi connectivity index (χ4v) is 14.2. The van der Waals surface area contributed by atoms with Crippen LogP contribution in [0.25, 0.3) is 100 Å². The summed E-state index contributed by atoms with van der Waals surface area (Å²) in [6.45, 7) is 13.9. The molecule has 3 heterocycles. The van der Waals surface area contributed by atoms with Crippen molar-refractivity contribution in [2.24, 2.45) is 0 Å². The van der Waals surface area contributed by atoms with Gasteiger partial charge in [0.05, 0.1) is 11.4 Å². The smallest absolute Gasteiger partial charge is 0.252 e. The van der Waals surface area contributed by atoms with Crippen molar-refractivity contribution in [3.63, 3.8) is 0 Å². The summed E-state index contributed by atoms with van der Waals surface area (Å²) in [5.74, 6) is 0. The summed E-state index contributed by atoms with van der Waals surface area (Å²) < 4.78 is 0. The highest BCUT2D eigenvalue weighted by Gasteiger charge is 2.44. The number of fused-ring (bicyclic) bond motifs is 4. The molecule has 14 aromatic rings. The second-order valence-corrected chi connectivity index (χ2v) is 27.6. The van der Waals surface area contributed by atoms with E-state index in [4.69, 9.17) is 4.98 Å². The lowest BCUT2D eigenvalue weighted by atomic mass is 9.33. The maximum absolute atomic E-state index is 6.02. The molecule has 0 spiro atoms. The molecule has 4 heteroatoms. The van der Waals surface area contributed by atoms with Crippen LogP contribution in [0, 0.1) is 0 Å². The van der Waals surface area contributed by atoms with Crippen molar-refractivity contribution in [2.75, 3.05) is 9.80 Å². The summed E-state index contributed by atoms with van der Waals surface area (Å²) in [6.07, 6.45) is 0. The summed E-state index contributed by atoms with van der Waals surface area (Å²) in [5, 5.41) is 0. The Bertz CT molecular complexity index is 4720. The van der Waals surface area contributed by atoms with Crippen molar-refractivity contribution in [2.45, 2.75) is 52.4 Å². The van der Waals surface area contributed by atoms with E-state index in [1.807, 2.05) is 0 Å². The number of benzene rings is 13. The van der Waals surface area contributed by atoms with Gasteiger partial charge in [-0.15, -0.1) is 0 Å². The first kappa shape index (κ1) is 58.7. The van der Waals surface area contributed by atoms with E-state index >= 15 is 0 Å². The molecule has 0 N–H and O–H groups in total. The second-order valence-electron chi connectivity index (χ2n) is 27.6. The summed E-state index contributed by atoms with van der Waals surface area (Å²) in [7, 11) is 0. The summed E-state index contributed by atoms with van der Waals surface area (Å²) in [6, 6.07) is 121. The fraction of sp³-hybridized carbons (Fsp3) is 0.0879. The number of hydrogen-bond acceptors (Lipinski definition) is 3. The zero-order valence-electron chi connectivity index (χ0n) is 54.6. The van der Waals surface area contributed by atoms with Gasteiger partial charge in [0.25, 0.3) is 6.71 Å². The maximum atomic E-state index is 6.02. The van der Waals surface area contributed by atoms with Gasteiger partial charge >= 0.3 is 0 Å². The van der Waals surface area contributed by atoms with Crippen LogP contribution in [-0.4, -0.2) is 11.7 Å². The van der Waals surface area contributed by atoms with Crippen LogP contribution in [0.2, 0.25) is 0 Å². The van der Waals surface area contributed by atoms with Crippen LogP contribution in [0.3, 0.4) is 0 Å². The molecule has 0 bridgehead atoms. The SMILES string of the molecule is CC(C)(C)c1ccc2c(c1)N(c1ccc(-c3ccccc3)cc1)c1cc(-c3cc(-c4cc(-c5ccccc5)cc(-c5ccccc5)c4)cc(-c4cc(-c5ccccc5)cc(-c5ccccc5)c4)n3)cc3c1B2c1ccc(C(C)(C)C)cc1N3c1ccc(-c2ccccc2)cc1. The van der Waals surface area contributed by atoms with Gasteiger partial charge in [0.1, 0.15) is 0 Å². The third-order valence-corrected chi connectivity index (χ3v) is 19.3. The van der Waals surface area contributed by atoms with Crippen molar-refractivity contribution < 1.29 is 0 Å². The monoisotopic (exact) mass is 1220 g/mol. The van der Waals surface area contributed by atoms with Crippen LogP contribution in [0.15, 0.2) is 328 Å². The van der Waals surface area contributed by atoms with Gasteiger partial charge in [-0.1, -0.05) is 272 Å². The first-order chi connectivity index (χ1) is 46.3. The number of aromatic nitrogens is 1. The maximum Gasteiger partial charge on any atom is 0.252 e. The Kier molecular flexibility index (Phi) is 14.8. The molecular weight excluding hydrogens is 1150 g/mol. The highest BCUT2D eigenvalue weighted by Crippen LogP contribution is 2.49. The molecule has 16 rings (SSSR count). The number of rotatable bonds is 11. The number of nitrogens with zero attached hydrogens (tertiary/aromatic N) is 3. The quantitative estimate of drug-likeness (QED) is 0.120. The van der Waals surface area contributed by atoms with Crippen molar-refractivity contribution in [3.8, 4) is 100 Å². The van der Waals surface area contributed by atoms with Gasteiger partial charge in [-0.25, -0.2) is 4.98 Å². The molecular formula is C91H72BN3. The molecule has 454 valence electrons. The van der Waals surface area contributed by atoms with Crippen LogP contribution >= 0.6 is 0 Å². The van der Waals surface area contributed by atoms with E-state index in [2.05, 4.69) is 379 Å². The van der Waals surface area contributed by atoms with E-state index < -0.39 is 0 Å². The van der Waals surface area contributed by atoms with Gasteiger partial charge in [-0.05, 0) is 213 Å². The lowest BCUT2D eigenvalue weighted by Gasteiger charge is -2.45. The van der Waals surface area contributed by atoms with Gasteiger partial charge in [0.2, 0.25) is 0 Å². The van der Waals surface area contributed by atoms with E-state index in [1.165, 1.54) is 61.1 Å². The van der Waals surface area contributed by atoms with Crippen molar-refractivity contribution >= 4 is 57.2 Å². The molecule has 0 amide bonds. The van der Waals surface area contributed by atoms with Gasteiger partial charge in [-0.2, -0.15) is 0 Å². The Labute approximate surface area is 560 Å². The highest BCUT2D eigenvalue weighted by atomic mass is 15.2. The van der Waals surface area contributed by atoms with Gasteiger partial charge in [-0.3, -0.25) is 0 Å². The zero-order valence-corrected chi connectivity index (χ0v) is 54.6. The highest BCUT2D eigenvalue weighted by molar-refractivity contribution is 7.00. The van der Waals surface area contributed by atoms with Crippen molar-refractivity contribution in [1.29, 1.82) is 0 Å². The molecule has 95 heavy (non-hydrogen) atoms. The van der Waals surface area contributed by atoms with Crippen molar-refractivity contribution in [3.05, 3.63) is 339 Å². The van der Waals surface area contributed by atoms with E-state index in [-0.39, 0.29) is 17.5 Å². The number of pyridine rings is 1. The Morgan fingerprint density at radius 1 is 0.232 bits per heavy atom. The molecule has 0 radical (unpaired) electrons. The molecule has 3 nitrogen and oxygen atoms in total. The molecule has 2 aliphatic heterocycles. The fourth-order valence-electron chi connectivity index (χ4n) is 14.2. The largest absolute Gasteiger partial charge is 0.311 e. The van der Waals surface area contributed by atoms with Crippen molar-refractivity contribution in [1.82, 2.24) is 4.98 Å². The Morgan fingerprint density at radius 3 is 0.811 bits per heavy atom. The zero-order chi connectivity index (χ0) is 64.4. The van der Waals surface area contributed by atoms with E-state index in [0.29, 0.717) is 0 Å². The molecule has 13 aromatic carbocycles.